The molecule has 2 N–H and O–H groups in total. The van der Waals surface area contributed by atoms with Crippen LogP contribution in [0.4, 0.5) is 4.39 Å². The monoisotopic (exact) mass is 453 g/mol. The van der Waals surface area contributed by atoms with Crippen molar-refractivity contribution in [2.24, 2.45) is 5.73 Å². The Balaban J connectivity index is 1.64. The van der Waals surface area contributed by atoms with Gasteiger partial charge in [0.1, 0.15) is 11.9 Å². The molecule has 0 saturated carbocycles. The molecule has 32 heavy (non-hydrogen) atoms. The van der Waals surface area contributed by atoms with E-state index in [1.165, 1.54) is 17.8 Å². The molecule has 1 atom stereocenters. The molecule has 7 nitrogen and oxygen atoms in total. The number of carbonyl (C=O) groups excluding carboxylic acids is 2. The minimum absolute atomic E-state index is 0.0745. The first-order chi connectivity index (χ1) is 15.5. The predicted molar refractivity (Wildman–Crippen MR) is 121 cm³/mol. The summed E-state index contributed by atoms with van der Waals surface area (Å²) >= 11 is 1.21. The smallest absolute Gasteiger partial charge is 0.240 e. The van der Waals surface area contributed by atoms with E-state index in [1.807, 2.05) is 31.2 Å². The molecule has 1 fully saturated rings. The summed E-state index contributed by atoms with van der Waals surface area (Å²) in [5, 5.41) is 8.95. The lowest BCUT2D eigenvalue weighted by Gasteiger charge is -2.33. The highest BCUT2D eigenvalue weighted by atomic mass is 32.2. The summed E-state index contributed by atoms with van der Waals surface area (Å²) in [6.45, 7) is 2.49. The van der Waals surface area contributed by atoms with Crippen molar-refractivity contribution in [2.45, 2.75) is 37.4 Å². The van der Waals surface area contributed by atoms with Gasteiger partial charge in [-0.25, -0.2) is 4.39 Å². The fraction of sp³-hybridized carbons (Fsp3) is 0.304. The van der Waals surface area contributed by atoms with Crippen LogP contribution in [0.3, 0.4) is 0 Å². The Kier molecular flexibility index (Phi) is 6.55. The largest absolute Gasteiger partial charge is 0.368 e. The minimum Gasteiger partial charge on any atom is -0.368 e. The zero-order chi connectivity index (χ0) is 22.7. The number of aromatic nitrogens is 3. The second kappa shape index (κ2) is 9.52. The maximum absolute atomic E-state index is 14.5. The van der Waals surface area contributed by atoms with E-state index < -0.39 is 17.8 Å². The number of thioether (sulfide) groups is 1. The van der Waals surface area contributed by atoms with Gasteiger partial charge in [-0.05, 0) is 50.5 Å². The molecule has 0 spiro atoms. The molecule has 0 aliphatic carbocycles. The highest BCUT2D eigenvalue weighted by Crippen LogP contribution is 2.30. The molecule has 4 rings (SSSR count). The number of hydrogen-bond acceptors (Lipinski definition) is 5. The molecular weight excluding hydrogens is 429 g/mol. The summed E-state index contributed by atoms with van der Waals surface area (Å²) in [4.78, 5) is 26.2. The van der Waals surface area contributed by atoms with Crippen LogP contribution in [0.5, 0.6) is 0 Å². The average molecular weight is 454 g/mol. The molecule has 2 heterocycles. The SMILES string of the molecule is Cc1ccc(-n2c(SCC(=O)N3CCCCC3C(N)=O)nnc2-c2ccccc2F)cc1. The number of carbonyl (C=O) groups is 2. The van der Waals surface area contributed by atoms with Gasteiger partial charge in [-0.3, -0.25) is 14.2 Å². The van der Waals surface area contributed by atoms with Gasteiger partial charge >= 0.3 is 0 Å². The van der Waals surface area contributed by atoms with E-state index in [0.717, 1.165) is 24.1 Å². The van der Waals surface area contributed by atoms with Gasteiger partial charge in [-0.1, -0.05) is 41.6 Å². The Bertz CT molecular complexity index is 1130. The van der Waals surface area contributed by atoms with Gasteiger partial charge in [0.05, 0.1) is 11.3 Å². The molecule has 9 heteroatoms. The Morgan fingerprint density at radius 1 is 1.12 bits per heavy atom. The zero-order valence-corrected chi connectivity index (χ0v) is 18.5. The van der Waals surface area contributed by atoms with Crippen LogP contribution in [0.1, 0.15) is 24.8 Å². The van der Waals surface area contributed by atoms with E-state index in [9.17, 15) is 14.0 Å². The Morgan fingerprint density at radius 3 is 2.59 bits per heavy atom. The molecule has 2 aromatic carbocycles. The van der Waals surface area contributed by atoms with Crippen LogP contribution in [0, 0.1) is 12.7 Å². The van der Waals surface area contributed by atoms with E-state index in [2.05, 4.69) is 10.2 Å². The summed E-state index contributed by atoms with van der Waals surface area (Å²) in [7, 11) is 0. The van der Waals surface area contributed by atoms with Crippen LogP contribution >= 0.6 is 11.8 Å². The number of primary amides is 1. The summed E-state index contributed by atoms with van der Waals surface area (Å²) < 4.78 is 16.3. The standard InChI is InChI=1S/C23H24FN5O2S/c1-15-9-11-16(12-10-15)29-22(17-6-2-3-7-18(17)24)26-27-23(29)32-14-20(30)28-13-5-4-8-19(28)21(25)31/h2-3,6-7,9-12,19H,4-5,8,13-14H2,1H3,(H2,25,31). The van der Waals surface area contributed by atoms with Crippen molar-refractivity contribution in [1.82, 2.24) is 19.7 Å². The molecule has 0 bridgehead atoms. The van der Waals surface area contributed by atoms with Crippen molar-refractivity contribution in [2.75, 3.05) is 12.3 Å². The summed E-state index contributed by atoms with van der Waals surface area (Å²) in [6, 6.07) is 13.5. The molecule has 1 unspecified atom stereocenters. The number of piperidine rings is 1. The molecular formula is C23H24FN5O2S. The molecule has 1 aliphatic heterocycles. The van der Waals surface area contributed by atoms with E-state index in [-0.39, 0.29) is 11.7 Å². The highest BCUT2D eigenvalue weighted by molar-refractivity contribution is 7.99. The van der Waals surface area contributed by atoms with Crippen LogP contribution in [-0.4, -0.2) is 49.8 Å². The van der Waals surface area contributed by atoms with Gasteiger partial charge in [-0.15, -0.1) is 10.2 Å². The topological polar surface area (TPSA) is 94.1 Å². The summed E-state index contributed by atoms with van der Waals surface area (Å²) in [5.74, 6) is -0.629. The second-order valence-corrected chi connectivity index (χ2v) is 8.69. The van der Waals surface area contributed by atoms with Crippen molar-refractivity contribution >= 4 is 23.6 Å². The summed E-state index contributed by atoms with van der Waals surface area (Å²) in [6.07, 6.45) is 2.30. The number of halogens is 1. The van der Waals surface area contributed by atoms with Crippen molar-refractivity contribution < 1.29 is 14.0 Å². The minimum atomic E-state index is -0.569. The Hall–Kier alpha value is -3.20. The lowest BCUT2D eigenvalue weighted by Crippen LogP contribution is -2.51. The van der Waals surface area contributed by atoms with Gasteiger partial charge in [0.25, 0.3) is 0 Å². The maximum Gasteiger partial charge on any atom is 0.240 e. The first-order valence-electron chi connectivity index (χ1n) is 10.4. The molecule has 1 aromatic heterocycles. The number of aryl methyl sites for hydroxylation is 1. The number of benzene rings is 2. The fourth-order valence-electron chi connectivity index (χ4n) is 3.84. The third-order valence-electron chi connectivity index (χ3n) is 5.52. The van der Waals surface area contributed by atoms with E-state index in [1.54, 1.807) is 27.7 Å². The maximum atomic E-state index is 14.5. The normalized spacial score (nSPS) is 16.2. The average Bonchev–Trinajstić information content (AvgIpc) is 3.22. The number of rotatable bonds is 6. The number of nitrogens with two attached hydrogens (primary N) is 1. The van der Waals surface area contributed by atoms with Crippen LogP contribution in [0.2, 0.25) is 0 Å². The number of likely N-dealkylation sites (tertiary alicyclic amines) is 1. The highest BCUT2D eigenvalue weighted by Gasteiger charge is 2.31. The van der Waals surface area contributed by atoms with Crippen molar-refractivity contribution in [3.8, 4) is 17.1 Å². The Morgan fingerprint density at radius 2 is 1.88 bits per heavy atom. The number of nitrogens with zero attached hydrogens (tertiary/aromatic N) is 4. The van der Waals surface area contributed by atoms with Crippen LogP contribution in [0.15, 0.2) is 53.7 Å². The third-order valence-corrected chi connectivity index (χ3v) is 6.43. The van der Waals surface area contributed by atoms with Crippen molar-refractivity contribution in [1.29, 1.82) is 0 Å². The molecule has 0 radical (unpaired) electrons. The number of amides is 2. The van der Waals surface area contributed by atoms with Gasteiger partial charge in [-0.2, -0.15) is 0 Å². The van der Waals surface area contributed by atoms with Gasteiger partial charge < -0.3 is 10.6 Å². The fourth-order valence-corrected chi connectivity index (χ4v) is 4.68. The Labute approximate surface area is 189 Å². The molecule has 3 aromatic rings. The molecule has 166 valence electrons. The zero-order valence-electron chi connectivity index (χ0n) is 17.7. The van der Waals surface area contributed by atoms with Gasteiger partial charge in [0.15, 0.2) is 11.0 Å². The van der Waals surface area contributed by atoms with Crippen LogP contribution in [-0.2, 0) is 9.59 Å². The first-order valence-corrected chi connectivity index (χ1v) is 11.4. The quantitative estimate of drug-likeness (QED) is 0.578. The third kappa shape index (κ3) is 4.52. The lowest BCUT2D eigenvalue weighted by atomic mass is 10.0. The first kappa shape index (κ1) is 22.0. The van der Waals surface area contributed by atoms with Crippen molar-refractivity contribution in [3.63, 3.8) is 0 Å². The number of hydrogen-bond donors (Lipinski definition) is 1. The van der Waals surface area contributed by atoms with E-state index in [4.69, 9.17) is 5.73 Å². The molecule has 1 saturated heterocycles. The van der Waals surface area contributed by atoms with E-state index in [0.29, 0.717) is 29.5 Å². The molecule has 1 aliphatic rings. The van der Waals surface area contributed by atoms with Crippen LogP contribution < -0.4 is 5.73 Å². The second-order valence-electron chi connectivity index (χ2n) is 7.75. The van der Waals surface area contributed by atoms with Crippen molar-refractivity contribution in [3.05, 3.63) is 59.9 Å². The van der Waals surface area contributed by atoms with Gasteiger partial charge in [0.2, 0.25) is 11.8 Å². The summed E-state index contributed by atoms with van der Waals surface area (Å²) in [5.41, 5.74) is 7.67. The van der Waals surface area contributed by atoms with Crippen LogP contribution in [0.25, 0.3) is 17.1 Å². The lowest BCUT2D eigenvalue weighted by molar-refractivity contribution is -0.138. The molecule has 2 amide bonds. The van der Waals surface area contributed by atoms with Gasteiger partial charge in [0, 0.05) is 12.2 Å². The van der Waals surface area contributed by atoms with E-state index >= 15 is 0 Å². The predicted octanol–water partition coefficient (Wildman–Crippen LogP) is 3.34.